The molecule has 4 heterocycles. The first kappa shape index (κ1) is 22.6. The highest BCUT2D eigenvalue weighted by atomic mass is 127. The van der Waals surface area contributed by atoms with Gasteiger partial charge in [-0.2, -0.15) is 0 Å². The lowest BCUT2D eigenvalue weighted by molar-refractivity contribution is 0.0208. The quantitative estimate of drug-likeness (QED) is 0.342. The minimum Gasteiger partial charge on any atom is -0.373 e. The molecule has 0 amide bonds. The standard InChI is InChI=1S/C21H39N5O.HI/c1-3-22-20(24-18-15-17-7-8-19(18)27-17)23-16-21(9-13-25(2)14-10-21)26-11-5-4-6-12-26;/h17-19H,3-16H2,1-2H3,(H2,22,23,24);1H. The lowest BCUT2D eigenvalue weighted by Crippen LogP contribution is -2.58. The van der Waals surface area contributed by atoms with Gasteiger partial charge < -0.3 is 20.3 Å². The molecule has 3 unspecified atom stereocenters. The van der Waals surface area contributed by atoms with E-state index >= 15 is 0 Å². The Balaban J connectivity index is 0.00000225. The molecule has 0 aliphatic carbocycles. The fourth-order valence-electron chi connectivity index (χ4n) is 5.49. The van der Waals surface area contributed by atoms with Gasteiger partial charge in [0.1, 0.15) is 0 Å². The Morgan fingerprint density at radius 1 is 1.11 bits per heavy atom. The first-order valence-electron chi connectivity index (χ1n) is 11.3. The van der Waals surface area contributed by atoms with Gasteiger partial charge in [-0.25, -0.2) is 0 Å². The molecule has 4 saturated heterocycles. The van der Waals surface area contributed by atoms with Crippen molar-refractivity contribution >= 4 is 29.9 Å². The number of piperidine rings is 2. The molecule has 4 fully saturated rings. The van der Waals surface area contributed by atoms with Gasteiger partial charge in [0.2, 0.25) is 0 Å². The van der Waals surface area contributed by atoms with Gasteiger partial charge in [0.15, 0.2) is 5.96 Å². The third-order valence-corrected chi connectivity index (χ3v) is 7.25. The Labute approximate surface area is 188 Å². The van der Waals surface area contributed by atoms with Crippen LogP contribution in [0, 0.1) is 0 Å². The molecule has 0 radical (unpaired) electrons. The molecule has 2 bridgehead atoms. The average molecular weight is 505 g/mol. The van der Waals surface area contributed by atoms with Crippen molar-refractivity contribution in [3.63, 3.8) is 0 Å². The number of halogens is 1. The summed E-state index contributed by atoms with van der Waals surface area (Å²) in [5.41, 5.74) is 0.250. The maximum Gasteiger partial charge on any atom is 0.191 e. The highest BCUT2D eigenvalue weighted by Gasteiger charge is 2.42. The molecule has 0 aromatic carbocycles. The molecule has 0 aromatic heterocycles. The molecular weight excluding hydrogens is 465 g/mol. The van der Waals surface area contributed by atoms with E-state index in [1.54, 1.807) is 0 Å². The van der Waals surface area contributed by atoms with E-state index < -0.39 is 0 Å². The van der Waals surface area contributed by atoms with Crippen LogP contribution in [0.5, 0.6) is 0 Å². The third kappa shape index (κ3) is 5.13. The van der Waals surface area contributed by atoms with Crippen LogP contribution in [0.4, 0.5) is 0 Å². The Morgan fingerprint density at radius 2 is 1.86 bits per heavy atom. The zero-order valence-electron chi connectivity index (χ0n) is 17.8. The highest BCUT2D eigenvalue weighted by Crippen LogP contribution is 2.34. The number of nitrogens with one attached hydrogen (secondary N) is 2. The van der Waals surface area contributed by atoms with Crippen molar-refractivity contribution in [1.82, 2.24) is 20.4 Å². The molecule has 0 aromatic rings. The van der Waals surface area contributed by atoms with Crippen LogP contribution in [-0.4, -0.2) is 85.9 Å². The lowest BCUT2D eigenvalue weighted by atomic mass is 9.84. The van der Waals surface area contributed by atoms with E-state index in [4.69, 9.17) is 9.73 Å². The van der Waals surface area contributed by atoms with Gasteiger partial charge in [-0.05, 0) is 85.1 Å². The summed E-state index contributed by atoms with van der Waals surface area (Å²) >= 11 is 0. The zero-order valence-corrected chi connectivity index (χ0v) is 20.1. The van der Waals surface area contributed by atoms with E-state index in [9.17, 15) is 0 Å². The van der Waals surface area contributed by atoms with Gasteiger partial charge in [-0.3, -0.25) is 9.89 Å². The van der Waals surface area contributed by atoms with Crippen LogP contribution in [0.1, 0.15) is 58.3 Å². The van der Waals surface area contributed by atoms with E-state index in [1.165, 1.54) is 71.1 Å². The van der Waals surface area contributed by atoms with Crippen LogP contribution >= 0.6 is 24.0 Å². The van der Waals surface area contributed by atoms with E-state index in [-0.39, 0.29) is 29.5 Å². The molecule has 4 aliphatic rings. The smallest absolute Gasteiger partial charge is 0.191 e. The van der Waals surface area contributed by atoms with Crippen molar-refractivity contribution in [2.24, 2.45) is 4.99 Å². The van der Waals surface area contributed by atoms with Gasteiger partial charge in [0, 0.05) is 12.1 Å². The van der Waals surface area contributed by atoms with Gasteiger partial charge in [-0.15, -0.1) is 24.0 Å². The van der Waals surface area contributed by atoms with Crippen LogP contribution in [0.25, 0.3) is 0 Å². The lowest BCUT2D eigenvalue weighted by Gasteiger charge is -2.49. The summed E-state index contributed by atoms with van der Waals surface area (Å²) in [5.74, 6) is 0.994. The number of fused-ring (bicyclic) bond motifs is 2. The summed E-state index contributed by atoms with van der Waals surface area (Å²) in [4.78, 5) is 10.4. The van der Waals surface area contributed by atoms with E-state index in [0.29, 0.717) is 18.2 Å². The molecule has 28 heavy (non-hydrogen) atoms. The van der Waals surface area contributed by atoms with Crippen molar-refractivity contribution in [1.29, 1.82) is 0 Å². The number of aliphatic imine (C=N–C) groups is 1. The molecule has 0 spiro atoms. The summed E-state index contributed by atoms with van der Waals surface area (Å²) in [7, 11) is 2.25. The van der Waals surface area contributed by atoms with Gasteiger partial charge in [0.25, 0.3) is 0 Å². The Kier molecular flexibility index (Phi) is 8.27. The van der Waals surface area contributed by atoms with Crippen molar-refractivity contribution < 1.29 is 4.74 Å². The van der Waals surface area contributed by atoms with Gasteiger partial charge in [-0.1, -0.05) is 6.42 Å². The average Bonchev–Trinajstić information content (AvgIpc) is 3.32. The molecule has 4 aliphatic heterocycles. The monoisotopic (exact) mass is 505 g/mol. The molecule has 6 nitrogen and oxygen atoms in total. The number of hydrogen-bond acceptors (Lipinski definition) is 4. The Bertz CT molecular complexity index is 517. The molecule has 2 N–H and O–H groups in total. The molecule has 4 rings (SSSR count). The summed E-state index contributed by atoms with van der Waals surface area (Å²) in [6, 6.07) is 0.435. The van der Waals surface area contributed by atoms with Crippen LogP contribution in [0.2, 0.25) is 0 Å². The fourth-order valence-corrected chi connectivity index (χ4v) is 5.49. The SMILES string of the molecule is CCNC(=NCC1(N2CCCCC2)CCN(C)CC1)NC1CC2CCC1O2.I. The first-order chi connectivity index (χ1) is 13.2. The molecule has 3 atom stereocenters. The van der Waals surface area contributed by atoms with Crippen LogP contribution in [-0.2, 0) is 4.74 Å². The number of guanidine groups is 1. The largest absolute Gasteiger partial charge is 0.373 e. The molecule has 162 valence electrons. The van der Waals surface area contributed by atoms with E-state index in [2.05, 4.69) is 34.4 Å². The van der Waals surface area contributed by atoms with Crippen molar-refractivity contribution in [3.8, 4) is 0 Å². The highest BCUT2D eigenvalue weighted by molar-refractivity contribution is 14.0. The van der Waals surface area contributed by atoms with Gasteiger partial charge >= 0.3 is 0 Å². The second-order valence-corrected chi connectivity index (χ2v) is 9.13. The minimum atomic E-state index is 0. The van der Waals surface area contributed by atoms with E-state index in [1.807, 2.05) is 0 Å². The Hall–Kier alpha value is -0.120. The summed E-state index contributed by atoms with van der Waals surface area (Å²) in [5, 5.41) is 7.19. The van der Waals surface area contributed by atoms with E-state index in [0.717, 1.165) is 25.5 Å². The third-order valence-electron chi connectivity index (χ3n) is 7.25. The number of likely N-dealkylation sites (tertiary alicyclic amines) is 2. The summed E-state index contributed by atoms with van der Waals surface area (Å²) in [6.45, 7) is 8.87. The van der Waals surface area contributed by atoms with Crippen LogP contribution in [0.15, 0.2) is 4.99 Å². The maximum absolute atomic E-state index is 6.03. The zero-order chi connectivity index (χ0) is 18.7. The van der Waals surface area contributed by atoms with Crippen LogP contribution in [0.3, 0.4) is 0 Å². The topological polar surface area (TPSA) is 52.1 Å². The van der Waals surface area contributed by atoms with Crippen molar-refractivity contribution in [2.45, 2.75) is 82.1 Å². The number of hydrogen-bond donors (Lipinski definition) is 2. The molecular formula is C21H40IN5O. The van der Waals surface area contributed by atoms with Crippen LogP contribution < -0.4 is 10.6 Å². The summed E-state index contributed by atoms with van der Waals surface area (Å²) < 4.78 is 6.03. The maximum atomic E-state index is 6.03. The van der Waals surface area contributed by atoms with Gasteiger partial charge in [0.05, 0.1) is 24.8 Å². The van der Waals surface area contributed by atoms with Crippen molar-refractivity contribution in [2.75, 3.05) is 46.3 Å². The first-order valence-corrected chi connectivity index (χ1v) is 11.3. The fraction of sp³-hybridized carbons (Fsp3) is 0.952. The predicted molar refractivity (Wildman–Crippen MR) is 126 cm³/mol. The minimum absolute atomic E-state index is 0. The number of nitrogens with zero attached hydrogens (tertiary/aromatic N) is 3. The second kappa shape index (κ2) is 10.3. The second-order valence-electron chi connectivity index (χ2n) is 9.13. The summed E-state index contributed by atoms with van der Waals surface area (Å²) in [6.07, 6.45) is 11.0. The number of ether oxygens (including phenoxy) is 1. The normalized spacial score (nSPS) is 33.5. The molecule has 0 saturated carbocycles. The molecule has 7 heteroatoms. The Morgan fingerprint density at radius 3 is 2.46 bits per heavy atom. The van der Waals surface area contributed by atoms with Crippen molar-refractivity contribution in [3.05, 3.63) is 0 Å². The predicted octanol–water partition coefficient (Wildman–Crippen LogP) is 2.43. The number of rotatable bonds is 5.